The van der Waals surface area contributed by atoms with Crippen LogP contribution in [0.1, 0.15) is 22.3 Å². The van der Waals surface area contributed by atoms with E-state index < -0.39 is 35.6 Å². The summed E-state index contributed by atoms with van der Waals surface area (Å²) in [7, 11) is 0. The molecule has 0 radical (unpaired) electrons. The number of carboxylic acids is 2. The highest BCUT2D eigenvalue weighted by atomic mass is 19.1. The maximum absolute atomic E-state index is 13.1. The monoisotopic (exact) mass is 240 g/mol. The van der Waals surface area contributed by atoms with Gasteiger partial charge in [0.1, 0.15) is 23.6 Å². The Kier molecular flexibility index (Phi) is 3.78. The highest BCUT2D eigenvalue weighted by molar-refractivity contribution is 5.88. The lowest BCUT2D eigenvalue weighted by Gasteiger charge is -2.00. The van der Waals surface area contributed by atoms with Gasteiger partial charge in [-0.15, -0.1) is 0 Å². The molecule has 0 bridgehead atoms. The standard InChI is InChI=1S/C11H6F2O4/c12-7-4-6(2-1-3-9(14)15)5-8(13)10(7)11(16)17/h4-5H,3H2,(H,14,15)(H,16,17). The summed E-state index contributed by atoms with van der Waals surface area (Å²) < 4.78 is 26.3. The van der Waals surface area contributed by atoms with Gasteiger partial charge in [-0.3, -0.25) is 4.79 Å². The Bertz CT molecular complexity index is 517. The second-order valence-corrected chi connectivity index (χ2v) is 2.99. The van der Waals surface area contributed by atoms with Crippen LogP contribution in [0, 0.1) is 23.5 Å². The van der Waals surface area contributed by atoms with Crippen molar-refractivity contribution in [3.05, 3.63) is 34.9 Å². The van der Waals surface area contributed by atoms with E-state index in [0.717, 1.165) is 12.1 Å². The van der Waals surface area contributed by atoms with Gasteiger partial charge in [0.25, 0.3) is 0 Å². The van der Waals surface area contributed by atoms with Gasteiger partial charge in [0.15, 0.2) is 0 Å². The van der Waals surface area contributed by atoms with Gasteiger partial charge < -0.3 is 10.2 Å². The van der Waals surface area contributed by atoms with E-state index in [9.17, 15) is 18.4 Å². The van der Waals surface area contributed by atoms with Gasteiger partial charge in [-0.2, -0.15) is 0 Å². The smallest absolute Gasteiger partial charge is 0.341 e. The van der Waals surface area contributed by atoms with Crippen molar-refractivity contribution in [1.82, 2.24) is 0 Å². The molecule has 88 valence electrons. The number of halogens is 2. The molecule has 0 aliphatic carbocycles. The predicted octanol–water partition coefficient (Wildman–Crippen LogP) is 1.49. The Balaban J connectivity index is 3.09. The van der Waals surface area contributed by atoms with E-state index in [0.29, 0.717) is 0 Å². The van der Waals surface area contributed by atoms with Crippen LogP contribution in [0.3, 0.4) is 0 Å². The summed E-state index contributed by atoms with van der Waals surface area (Å²) >= 11 is 0. The zero-order valence-electron chi connectivity index (χ0n) is 8.33. The summed E-state index contributed by atoms with van der Waals surface area (Å²) in [6.45, 7) is 0. The Morgan fingerprint density at radius 3 is 2.12 bits per heavy atom. The van der Waals surface area contributed by atoms with Crippen LogP contribution in [0.5, 0.6) is 0 Å². The third-order valence-electron chi connectivity index (χ3n) is 1.73. The molecule has 0 saturated carbocycles. The van der Waals surface area contributed by atoms with Crippen LogP contribution < -0.4 is 0 Å². The lowest BCUT2D eigenvalue weighted by atomic mass is 10.1. The average Bonchev–Trinajstić information content (AvgIpc) is 2.14. The van der Waals surface area contributed by atoms with E-state index in [1.54, 1.807) is 0 Å². The largest absolute Gasteiger partial charge is 0.481 e. The Hall–Kier alpha value is -2.42. The maximum atomic E-state index is 13.1. The van der Waals surface area contributed by atoms with Crippen molar-refractivity contribution in [2.75, 3.05) is 0 Å². The molecule has 0 atom stereocenters. The quantitative estimate of drug-likeness (QED) is 0.768. The summed E-state index contributed by atoms with van der Waals surface area (Å²) in [5.74, 6) is -0.995. The molecule has 0 unspecified atom stereocenters. The van der Waals surface area contributed by atoms with E-state index in [4.69, 9.17) is 10.2 Å². The van der Waals surface area contributed by atoms with E-state index in [-0.39, 0.29) is 5.56 Å². The van der Waals surface area contributed by atoms with E-state index in [2.05, 4.69) is 11.8 Å². The minimum Gasteiger partial charge on any atom is -0.481 e. The van der Waals surface area contributed by atoms with Crippen LogP contribution in [0.15, 0.2) is 12.1 Å². The van der Waals surface area contributed by atoms with E-state index in [1.807, 2.05) is 0 Å². The molecule has 0 fully saturated rings. The van der Waals surface area contributed by atoms with Crippen LogP contribution in [-0.4, -0.2) is 22.2 Å². The number of aliphatic carboxylic acids is 1. The Labute approximate surface area is 94.5 Å². The number of hydrogen-bond acceptors (Lipinski definition) is 2. The molecular formula is C11H6F2O4. The van der Waals surface area contributed by atoms with Crippen LogP contribution in [0.4, 0.5) is 8.78 Å². The van der Waals surface area contributed by atoms with Crippen LogP contribution in [-0.2, 0) is 4.79 Å². The molecule has 0 saturated heterocycles. The molecule has 0 heterocycles. The molecule has 0 aliphatic heterocycles. The van der Waals surface area contributed by atoms with Crippen molar-refractivity contribution in [3.63, 3.8) is 0 Å². The van der Waals surface area contributed by atoms with Gasteiger partial charge in [0.2, 0.25) is 0 Å². The predicted molar refractivity (Wildman–Crippen MR) is 52.4 cm³/mol. The molecule has 0 spiro atoms. The Morgan fingerprint density at radius 2 is 1.71 bits per heavy atom. The molecule has 4 nitrogen and oxygen atoms in total. The molecule has 17 heavy (non-hydrogen) atoms. The number of carbonyl (C=O) groups is 2. The normalized spacial score (nSPS) is 9.29. The van der Waals surface area contributed by atoms with E-state index in [1.165, 1.54) is 0 Å². The van der Waals surface area contributed by atoms with Crippen molar-refractivity contribution in [1.29, 1.82) is 0 Å². The summed E-state index contributed by atoms with van der Waals surface area (Å²) in [5.41, 5.74) is -1.18. The summed E-state index contributed by atoms with van der Waals surface area (Å²) in [6, 6.07) is 1.47. The minimum absolute atomic E-state index is 0.119. The van der Waals surface area contributed by atoms with Crippen molar-refractivity contribution >= 4 is 11.9 Å². The lowest BCUT2D eigenvalue weighted by molar-refractivity contribution is -0.135. The van der Waals surface area contributed by atoms with Crippen molar-refractivity contribution in [2.45, 2.75) is 6.42 Å². The average molecular weight is 240 g/mol. The fourth-order valence-electron chi connectivity index (χ4n) is 1.07. The first kappa shape index (κ1) is 12.6. The second-order valence-electron chi connectivity index (χ2n) is 2.99. The second kappa shape index (κ2) is 5.07. The van der Waals surface area contributed by atoms with Gasteiger partial charge in [0, 0.05) is 5.56 Å². The van der Waals surface area contributed by atoms with Crippen molar-refractivity contribution in [2.24, 2.45) is 0 Å². The summed E-state index contributed by atoms with van der Waals surface area (Å²) in [5, 5.41) is 16.8. The third-order valence-corrected chi connectivity index (χ3v) is 1.73. The fraction of sp³-hybridized carbons (Fsp3) is 0.0909. The zero-order valence-corrected chi connectivity index (χ0v) is 8.33. The Morgan fingerprint density at radius 1 is 1.18 bits per heavy atom. The van der Waals surface area contributed by atoms with E-state index >= 15 is 0 Å². The minimum atomic E-state index is -1.72. The summed E-state index contributed by atoms with van der Waals surface area (Å²) in [6.07, 6.45) is -0.468. The van der Waals surface area contributed by atoms with Crippen molar-refractivity contribution < 1.29 is 28.6 Å². The third kappa shape index (κ3) is 3.28. The molecule has 1 aromatic rings. The molecular weight excluding hydrogens is 234 g/mol. The number of rotatable bonds is 2. The SMILES string of the molecule is O=C(O)CC#Cc1cc(F)c(C(=O)O)c(F)c1. The first-order valence-electron chi connectivity index (χ1n) is 4.35. The number of benzene rings is 1. The van der Waals surface area contributed by atoms with Gasteiger partial charge in [-0.1, -0.05) is 11.8 Å². The highest BCUT2D eigenvalue weighted by Gasteiger charge is 2.17. The van der Waals surface area contributed by atoms with Crippen LogP contribution >= 0.6 is 0 Å². The van der Waals surface area contributed by atoms with Gasteiger partial charge in [-0.25, -0.2) is 13.6 Å². The first-order chi connectivity index (χ1) is 7.91. The number of aromatic carboxylic acids is 1. The summed E-state index contributed by atoms with van der Waals surface area (Å²) in [4.78, 5) is 20.6. The molecule has 2 N–H and O–H groups in total. The first-order valence-corrected chi connectivity index (χ1v) is 4.35. The zero-order chi connectivity index (χ0) is 13.0. The number of hydrogen-bond donors (Lipinski definition) is 2. The molecule has 6 heteroatoms. The lowest BCUT2D eigenvalue weighted by Crippen LogP contribution is -2.05. The topological polar surface area (TPSA) is 74.6 Å². The molecule has 0 aromatic heterocycles. The maximum Gasteiger partial charge on any atom is 0.341 e. The van der Waals surface area contributed by atoms with Crippen LogP contribution in [0.2, 0.25) is 0 Å². The number of carboxylic acid groups (broad SMARTS) is 2. The van der Waals surface area contributed by atoms with Gasteiger partial charge in [-0.05, 0) is 12.1 Å². The molecule has 1 rings (SSSR count). The fourth-order valence-corrected chi connectivity index (χ4v) is 1.07. The van der Waals surface area contributed by atoms with Gasteiger partial charge in [0.05, 0.1) is 0 Å². The highest BCUT2D eigenvalue weighted by Crippen LogP contribution is 2.14. The van der Waals surface area contributed by atoms with Crippen molar-refractivity contribution in [3.8, 4) is 11.8 Å². The van der Waals surface area contributed by atoms with Gasteiger partial charge >= 0.3 is 11.9 Å². The molecule has 0 aliphatic rings. The molecule has 0 amide bonds. The molecule has 1 aromatic carbocycles. The van der Waals surface area contributed by atoms with Crippen LogP contribution in [0.25, 0.3) is 0 Å².